The van der Waals surface area contributed by atoms with Gasteiger partial charge in [0.15, 0.2) is 0 Å². The summed E-state index contributed by atoms with van der Waals surface area (Å²) in [6, 6.07) is 14.1. The van der Waals surface area contributed by atoms with Crippen LogP contribution < -0.4 is 4.90 Å². The molecule has 1 aliphatic rings. The topological polar surface area (TPSA) is 57.7 Å². The van der Waals surface area contributed by atoms with E-state index in [1.54, 1.807) is 17.0 Å². The van der Waals surface area contributed by atoms with Gasteiger partial charge in [0.1, 0.15) is 0 Å². The van der Waals surface area contributed by atoms with Gasteiger partial charge in [0.2, 0.25) is 10.0 Å². The van der Waals surface area contributed by atoms with Crippen LogP contribution in [0.25, 0.3) is 0 Å². The van der Waals surface area contributed by atoms with E-state index in [0.717, 1.165) is 22.0 Å². The molecule has 132 valence electrons. The summed E-state index contributed by atoms with van der Waals surface area (Å²) in [7, 11) is -0.615. The SMILES string of the molecule is CC1Cc2ccccc2N(C(=O)c2cccc(S(=O)(=O)N(C)C)c2)C1. The van der Waals surface area contributed by atoms with Gasteiger partial charge in [0.05, 0.1) is 4.90 Å². The van der Waals surface area contributed by atoms with Gasteiger partial charge < -0.3 is 4.90 Å². The van der Waals surface area contributed by atoms with Crippen LogP contribution in [0.4, 0.5) is 5.69 Å². The molecule has 1 aliphatic heterocycles. The minimum atomic E-state index is -3.57. The molecule has 3 rings (SSSR count). The van der Waals surface area contributed by atoms with Crippen LogP contribution >= 0.6 is 0 Å². The highest BCUT2D eigenvalue weighted by molar-refractivity contribution is 7.89. The standard InChI is InChI=1S/C19H22N2O3S/c1-14-11-15-7-4-5-10-18(15)21(13-14)19(22)16-8-6-9-17(12-16)25(23,24)20(2)3/h4-10,12,14H,11,13H2,1-3H3. The van der Waals surface area contributed by atoms with Crippen molar-refractivity contribution in [2.75, 3.05) is 25.5 Å². The maximum absolute atomic E-state index is 13.1. The van der Waals surface area contributed by atoms with Gasteiger partial charge in [0, 0.05) is 31.9 Å². The fraction of sp³-hybridized carbons (Fsp3) is 0.316. The average molecular weight is 358 g/mol. The number of benzene rings is 2. The molecule has 1 heterocycles. The first kappa shape index (κ1) is 17.6. The largest absolute Gasteiger partial charge is 0.308 e. The lowest BCUT2D eigenvalue weighted by atomic mass is 9.93. The molecule has 1 unspecified atom stereocenters. The Morgan fingerprint density at radius 3 is 2.56 bits per heavy atom. The second-order valence-electron chi connectivity index (χ2n) is 6.67. The van der Waals surface area contributed by atoms with Crippen molar-refractivity contribution in [2.45, 2.75) is 18.2 Å². The number of anilines is 1. The summed E-state index contributed by atoms with van der Waals surface area (Å²) >= 11 is 0. The minimum Gasteiger partial charge on any atom is -0.308 e. The van der Waals surface area contributed by atoms with Crippen LogP contribution in [-0.2, 0) is 16.4 Å². The van der Waals surface area contributed by atoms with Gasteiger partial charge in [-0.3, -0.25) is 4.79 Å². The molecule has 0 aromatic heterocycles. The summed E-state index contributed by atoms with van der Waals surface area (Å²) in [5.41, 5.74) is 2.44. The first-order valence-corrected chi connectivity index (χ1v) is 9.67. The molecule has 0 bridgehead atoms. The molecule has 25 heavy (non-hydrogen) atoms. The maximum Gasteiger partial charge on any atom is 0.258 e. The van der Waals surface area contributed by atoms with Gasteiger partial charge in [-0.05, 0) is 42.2 Å². The quantitative estimate of drug-likeness (QED) is 0.848. The minimum absolute atomic E-state index is 0.127. The smallest absolute Gasteiger partial charge is 0.258 e. The second kappa shape index (κ2) is 6.61. The lowest BCUT2D eigenvalue weighted by Crippen LogP contribution is -2.39. The highest BCUT2D eigenvalue weighted by atomic mass is 32.2. The number of rotatable bonds is 3. The predicted octanol–water partition coefficient (Wildman–Crippen LogP) is 2.78. The first-order valence-electron chi connectivity index (χ1n) is 8.23. The third-order valence-corrected chi connectivity index (χ3v) is 6.26. The molecule has 0 radical (unpaired) electrons. The van der Waals surface area contributed by atoms with Gasteiger partial charge >= 0.3 is 0 Å². The molecule has 0 saturated carbocycles. The van der Waals surface area contributed by atoms with Crippen LogP contribution in [0.15, 0.2) is 53.4 Å². The number of hydrogen-bond donors (Lipinski definition) is 0. The molecule has 2 aromatic carbocycles. The van der Waals surface area contributed by atoms with Crippen LogP contribution in [0.2, 0.25) is 0 Å². The van der Waals surface area contributed by atoms with Gasteiger partial charge in [0.25, 0.3) is 5.91 Å². The summed E-state index contributed by atoms with van der Waals surface area (Å²) in [4.78, 5) is 15.0. The number of hydrogen-bond acceptors (Lipinski definition) is 3. The second-order valence-corrected chi connectivity index (χ2v) is 8.82. The summed E-state index contributed by atoms with van der Waals surface area (Å²) < 4.78 is 25.8. The van der Waals surface area contributed by atoms with Crippen molar-refractivity contribution >= 4 is 21.6 Å². The summed E-state index contributed by atoms with van der Waals surface area (Å²) in [6.45, 7) is 2.74. The lowest BCUT2D eigenvalue weighted by molar-refractivity contribution is 0.0981. The van der Waals surface area contributed by atoms with Crippen molar-refractivity contribution in [3.8, 4) is 0 Å². The Kier molecular flexibility index (Phi) is 4.67. The molecule has 2 aromatic rings. The summed E-state index contributed by atoms with van der Waals surface area (Å²) in [5.74, 6) is 0.183. The van der Waals surface area contributed by atoms with E-state index < -0.39 is 10.0 Å². The molecule has 1 atom stereocenters. The van der Waals surface area contributed by atoms with E-state index >= 15 is 0 Å². The number of amides is 1. The highest BCUT2D eigenvalue weighted by Gasteiger charge is 2.28. The Bertz CT molecular complexity index is 906. The van der Waals surface area contributed by atoms with Crippen molar-refractivity contribution in [1.82, 2.24) is 4.31 Å². The molecular weight excluding hydrogens is 336 g/mol. The van der Waals surface area contributed by atoms with Gasteiger partial charge in [-0.15, -0.1) is 0 Å². The van der Waals surface area contributed by atoms with Crippen LogP contribution in [0.5, 0.6) is 0 Å². The third-order valence-electron chi connectivity index (χ3n) is 4.45. The third kappa shape index (κ3) is 3.32. The monoisotopic (exact) mass is 358 g/mol. The lowest BCUT2D eigenvalue weighted by Gasteiger charge is -2.33. The van der Waals surface area contributed by atoms with Gasteiger partial charge in [-0.1, -0.05) is 31.2 Å². The zero-order valence-electron chi connectivity index (χ0n) is 14.6. The molecule has 0 N–H and O–H groups in total. The number of sulfonamides is 1. The average Bonchev–Trinajstić information content (AvgIpc) is 2.60. The molecular formula is C19H22N2O3S. The number of nitrogens with zero attached hydrogens (tertiary/aromatic N) is 2. The number of para-hydroxylation sites is 1. The van der Waals surface area contributed by atoms with Crippen molar-refractivity contribution < 1.29 is 13.2 Å². The van der Waals surface area contributed by atoms with Crippen molar-refractivity contribution in [3.63, 3.8) is 0 Å². The number of carbonyl (C=O) groups excluding carboxylic acids is 1. The van der Waals surface area contributed by atoms with Crippen molar-refractivity contribution in [2.24, 2.45) is 5.92 Å². The molecule has 0 aliphatic carbocycles. The van der Waals surface area contributed by atoms with E-state index in [1.165, 1.54) is 26.2 Å². The Morgan fingerprint density at radius 1 is 1.12 bits per heavy atom. The fourth-order valence-electron chi connectivity index (χ4n) is 3.15. The van der Waals surface area contributed by atoms with Crippen LogP contribution in [0.1, 0.15) is 22.8 Å². The van der Waals surface area contributed by atoms with Crippen molar-refractivity contribution in [1.29, 1.82) is 0 Å². The van der Waals surface area contributed by atoms with E-state index in [4.69, 9.17) is 0 Å². The first-order chi connectivity index (χ1) is 11.8. The molecule has 6 heteroatoms. The van der Waals surface area contributed by atoms with E-state index in [0.29, 0.717) is 18.0 Å². The van der Waals surface area contributed by atoms with Gasteiger partial charge in [-0.2, -0.15) is 0 Å². The Hall–Kier alpha value is -2.18. The Morgan fingerprint density at radius 2 is 1.84 bits per heavy atom. The zero-order chi connectivity index (χ0) is 18.2. The van der Waals surface area contributed by atoms with E-state index in [1.807, 2.05) is 24.3 Å². The van der Waals surface area contributed by atoms with Crippen LogP contribution in [-0.4, -0.2) is 39.3 Å². The highest BCUT2D eigenvalue weighted by Crippen LogP contribution is 2.31. The Labute approximate surface area is 148 Å². The van der Waals surface area contributed by atoms with Crippen LogP contribution in [0.3, 0.4) is 0 Å². The maximum atomic E-state index is 13.1. The molecule has 0 fully saturated rings. The number of fused-ring (bicyclic) bond motifs is 1. The number of carbonyl (C=O) groups is 1. The van der Waals surface area contributed by atoms with E-state index in [9.17, 15) is 13.2 Å². The zero-order valence-corrected chi connectivity index (χ0v) is 15.5. The molecule has 0 saturated heterocycles. The molecule has 0 spiro atoms. The van der Waals surface area contributed by atoms with E-state index in [2.05, 4.69) is 6.92 Å². The van der Waals surface area contributed by atoms with Crippen LogP contribution in [0, 0.1) is 5.92 Å². The Balaban J connectivity index is 2.00. The summed E-state index contributed by atoms with van der Waals surface area (Å²) in [6.07, 6.45) is 0.939. The normalized spacial score (nSPS) is 17.4. The molecule has 5 nitrogen and oxygen atoms in total. The van der Waals surface area contributed by atoms with Crippen molar-refractivity contribution in [3.05, 3.63) is 59.7 Å². The predicted molar refractivity (Wildman–Crippen MR) is 98.3 cm³/mol. The fourth-order valence-corrected chi connectivity index (χ4v) is 4.09. The van der Waals surface area contributed by atoms with Gasteiger partial charge in [-0.25, -0.2) is 12.7 Å². The molecule has 1 amide bonds. The summed E-state index contributed by atoms with van der Waals surface area (Å²) in [5, 5.41) is 0. The van der Waals surface area contributed by atoms with E-state index in [-0.39, 0.29) is 10.8 Å².